The average Bonchev–Trinajstić information content (AvgIpc) is 2.53. The van der Waals surface area contributed by atoms with E-state index < -0.39 is 0 Å². The van der Waals surface area contributed by atoms with Crippen LogP contribution in [0.3, 0.4) is 0 Å². The first-order valence-electron chi connectivity index (χ1n) is 8.22. The Kier molecular flexibility index (Phi) is 8.48. The molecule has 0 saturated heterocycles. The molecule has 0 saturated carbocycles. The summed E-state index contributed by atoms with van der Waals surface area (Å²) in [6.07, 6.45) is 7.06. The van der Waals surface area contributed by atoms with Gasteiger partial charge in [-0.1, -0.05) is 33.6 Å². The second kappa shape index (κ2) is 10.2. The van der Waals surface area contributed by atoms with Gasteiger partial charge in [-0.05, 0) is 31.4 Å². The number of unbranched alkanes of at least 4 members (excludes halogenated alkanes) is 2. The molecule has 0 atom stereocenters. The topological polar surface area (TPSA) is 45.2 Å². The van der Waals surface area contributed by atoms with Gasteiger partial charge in [0.25, 0.3) is 5.91 Å². The van der Waals surface area contributed by atoms with E-state index in [9.17, 15) is 4.79 Å². The highest BCUT2D eigenvalue weighted by molar-refractivity contribution is 5.94. The van der Waals surface area contributed by atoms with Crippen LogP contribution < -0.4 is 5.32 Å². The van der Waals surface area contributed by atoms with Crippen molar-refractivity contribution in [2.24, 2.45) is 0 Å². The number of hydrogen-bond donors (Lipinski definition) is 1. The normalized spacial score (nSPS) is 10.4. The molecule has 1 aromatic rings. The third-order valence-electron chi connectivity index (χ3n) is 3.42. The van der Waals surface area contributed by atoms with Crippen molar-refractivity contribution in [2.45, 2.75) is 52.9 Å². The molecule has 1 rings (SSSR count). The first-order valence-corrected chi connectivity index (χ1v) is 8.22. The molecule has 0 unspecified atom stereocenters. The lowest BCUT2D eigenvalue weighted by atomic mass is 10.2. The first-order chi connectivity index (χ1) is 10.2. The van der Waals surface area contributed by atoms with Gasteiger partial charge in [0.2, 0.25) is 0 Å². The van der Waals surface area contributed by atoms with E-state index in [1.165, 1.54) is 0 Å². The summed E-state index contributed by atoms with van der Waals surface area (Å²) in [6, 6.07) is 3.76. The highest BCUT2D eigenvalue weighted by Crippen LogP contribution is 2.10. The summed E-state index contributed by atoms with van der Waals surface area (Å²) in [5.41, 5.74) is 0.684. The van der Waals surface area contributed by atoms with Crippen LogP contribution in [0.25, 0.3) is 0 Å². The van der Waals surface area contributed by atoms with E-state index in [0.29, 0.717) is 5.56 Å². The minimum Gasteiger partial charge on any atom is -0.370 e. The molecule has 0 fully saturated rings. The molecule has 1 N–H and O–H groups in total. The van der Waals surface area contributed by atoms with Crippen LogP contribution in [-0.2, 0) is 0 Å². The van der Waals surface area contributed by atoms with Crippen molar-refractivity contribution in [3.05, 3.63) is 23.9 Å². The number of anilines is 1. The number of hydrogen-bond acceptors (Lipinski definition) is 3. The predicted octanol–water partition coefficient (Wildman–Crippen LogP) is 3.95. The Balaban J connectivity index is 2.67. The third kappa shape index (κ3) is 6.15. The lowest BCUT2D eigenvalue weighted by molar-refractivity contribution is 0.0750. The van der Waals surface area contributed by atoms with Crippen LogP contribution in [0.4, 0.5) is 5.82 Å². The molecule has 0 spiro atoms. The standard InChI is InChI=1S/C17H29N3O/c1-4-7-12-20(13-8-5-2)17(21)15-9-10-16(19-14-15)18-11-6-3/h9-10,14H,4-8,11-13H2,1-3H3,(H,18,19). The third-order valence-corrected chi connectivity index (χ3v) is 3.42. The fraction of sp³-hybridized carbons (Fsp3) is 0.647. The molecular formula is C17H29N3O. The zero-order valence-corrected chi connectivity index (χ0v) is 13.7. The maximum Gasteiger partial charge on any atom is 0.255 e. The van der Waals surface area contributed by atoms with E-state index in [-0.39, 0.29) is 5.91 Å². The second-order valence-electron chi connectivity index (χ2n) is 5.36. The van der Waals surface area contributed by atoms with Gasteiger partial charge in [-0.2, -0.15) is 0 Å². The quantitative estimate of drug-likeness (QED) is 0.710. The number of amides is 1. The molecule has 21 heavy (non-hydrogen) atoms. The van der Waals surface area contributed by atoms with Crippen LogP contribution >= 0.6 is 0 Å². The van der Waals surface area contributed by atoms with Gasteiger partial charge >= 0.3 is 0 Å². The minimum atomic E-state index is 0.103. The Hall–Kier alpha value is -1.58. The van der Waals surface area contributed by atoms with Crippen molar-refractivity contribution < 1.29 is 4.79 Å². The number of pyridine rings is 1. The molecule has 118 valence electrons. The van der Waals surface area contributed by atoms with Crippen LogP contribution in [-0.4, -0.2) is 35.4 Å². The average molecular weight is 291 g/mol. The van der Waals surface area contributed by atoms with Gasteiger partial charge in [0.15, 0.2) is 0 Å². The molecule has 0 aliphatic carbocycles. The Morgan fingerprint density at radius 1 is 1.10 bits per heavy atom. The molecular weight excluding hydrogens is 262 g/mol. The van der Waals surface area contributed by atoms with E-state index >= 15 is 0 Å². The highest BCUT2D eigenvalue weighted by Gasteiger charge is 2.15. The number of nitrogens with one attached hydrogen (secondary N) is 1. The number of rotatable bonds is 10. The van der Waals surface area contributed by atoms with Gasteiger partial charge in [0, 0.05) is 25.8 Å². The van der Waals surface area contributed by atoms with Crippen molar-refractivity contribution >= 4 is 11.7 Å². The molecule has 4 heteroatoms. The molecule has 1 aromatic heterocycles. The fourth-order valence-corrected chi connectivity index (χ4v) is 2.07. The van der Waals surface area contributed by atoms with E-state index in [0.717, 1.165) is 57.6 Å². The van der Waals surface area contributed by atoms with Crippen LogP contribution in [0.15, 0.2) is 18.3 Å². The maximum absolute atomic E-state index is 12.5. The number of carbonyl (C=O) groups is 1. The Morgan fingerprint density at radius 2 is 1.76 bits per heavy atom. The van der Waals surface area contributed by atoms with Gasteiger partial charge in [-0.25, -0.2) is 4.98 Å². The number of aromatic nitrogens is 1. The van der Waals surface area contributed by atoms with Gasteiger partial charge in [-0.3, -0.25) is 4.79 Å². The zero-order chi connectivity index (χ0) is 15.5. The Labute approximate surface area is 129 Å². The SMILES string of the molecule is CCCCN(CCCC)C(=O)c1ccc(NCCC)nc1. The smallest absolute Gasteiger partial charge is 0.255 e. The van der Waals surface area contributed by atoms with E-state index in [4.69, 9.17) is 0 Å². The summed E-state index contributed by atoms with van der Waals surface area (Å²) in [5, 5.41) is 3.22. The molecule has 0 radical (unpaired) electrons. The molecule has 0 aromatic carbocycles. The van der Waals surface area contributed by atoms with Gasteiger partial charge in [-0.15, -0.1) is 0 Å². The first kappa shape index (κ1) is 17.5. The summed E-state index contributed by atoms with van der Waals surface area (Å²) in [5.74, 6) is 0.938. The van der Waals surface area contributed by atoms with Crippen molar-refractivity contribution in [3.63, 3.8) is 0 Å². The summed E-state index contributed by atoms with van der Waals surface area (Å²) >= 11 is 0. The Bertz CT molecular complexity index is 395. The lowest BCUT2D eigenvalue weighted by Gasteiger charge is -2.22. The van der Waals surface area contributed by atoms with Crippen molar-refractivity contribution in [1.29, 1.82) is 0 Å². The molecule has 4 nitrogen and oxygen atoms in total. The minimum absolute atomic E-state index is 0.103. The van der Waals surface area contributed by atoms with Crippen LogP contribution in [0, 0.1) is 0 Å². The van der Waals surface area contributed by atoms with Crippen molar-refractivity contribution in [2.75, 3.05) is 25.0 Å². The van der Waals surface area contributed by atoms with Crippen LogP contribution in [0.2, 0.25) is 0 Å². The fourth-order valence-electron chi connectivity index (χ4n) is 2.07. The lowest BCUT2D eigenvalue weighted by Crippen LogP contribution is -2.33. The zero-order valence-electron chi connectivity index (χ0n) is 13.7. The highest BCUT2D eigenvalue weighted by atomic mass is 16.2. The van der Waals surface area contributed by atoms with Gasteiger partial charge in [0.05, 0.1) is 5.56 Å². The van der Waals surface area contributed by atoms with Gasteiger partial charge in [0.1, 0.15) is 5.82 Å². The summed E-state index contributed by atoms with van der Waals surface area (Å²) in [6.45, 7) is 9.00. The van der Waals surface area contributed by atoms with Gasteiger partial charge < -0.3 is 10.2 Å². The van der Waals surface area contributed by atoms with E-state index in [2.05, 4.69) is 31.1 Å². The molecule has 0 bridgehead atoms. The van der Waals surface area contributed by atoms with Crippen LogP contribution in [0.5, 0.6) is 0 Å². The molecule has 0 aliphatic rings. The van der Waals surface area contributed by atoms with Crippen LogP contribution in [0.1, 0.15) is 63.2 Å². The monoisotopic (exact) mass is 291 g/mol. The second-order valence-corrected chi connectivity index (χ2v) is 5.36. The predicted molar refractivity (Wildman–Crippen MR) is 88.7 cm³/mol. The number of carbonyl (C=O) groups excluding carboxylic acids is 1. The molecule has 1 amide bonds. The largest absolute Gasteiger partial charge is 0.370 e. The van der Waals surface area contributed by atoms with Crippen molar-refractivity contribution in [1.82, 2.24) is 9.88 Å². The number of nitrogens with zero attached hydrogens (tertiary/aromatic N) is 2. The summed E-state index contributed by atoms with van der Waals surface area (Å²) in [7, 11) is 0. The molecule has 1 heterocycles. The Morgan fingerprint density at radius 3 is 2.24 bits per heavy atom. The van der Waals surface area contributed by atoms with Crippen molar-refractivity contribution in [3.8, 4) is 0 Å². The van der Waals surface area contributed by atoms with E-state index in [1.54, 1.807) is 6.20 Å². The molecule has 0 aliphatic heterocycles. The van der Waals surface area contributed by atoms with E-state index in [1.807, 2.05) is 17.0 Å². The summed E-state index contributed by atoms with van der Waals surface area (Å²) < 4.78 is 0. The maximum atomic E-state index is 12.5. The summed E-state index contributed by atoms with van der Waals surface area (Å²) in [4.78, 5) is 18.8.